The molecule has 0 saturated carbocycles. The summed E-state index contributed by atoms with van der Waals surface area (Å²) < 4.78 is 18.6. The first-order valence-electron chi connectivity index (χ1n) is 12.3. The summed E-state index contributed by atoms with van der Waals surface area (Å²) in [6.07, 6.45) is 0. The summed E-state index contributed by atoms with van der Waals surface area (Å²) in [5, 5.41) is 6.98. The van der Waals surface area contributed by atoms with Gasteiger partial charge in [0.25, 0.3) is 5.56 Å². The molecule has 3 aromatic carbocycles. The largest absolute Gasteiger partial charge is 0.492 e. The SMILES string of the molecule is CCOc1ccccc1NC(=O)Cn1c(=O)c(CNc2ccc(C)cc2)cc2cc3c(cc21)OCCO3. The van der Waals surface area contributed by atoms with Gasteiger partial charge >= 0.3 is 0 Å². The summed E-state index contributed by atoms with van der Waals surface area (Å²) in [5.41, 5.74) is 3.50. The van der Waals surface area contributed by atoms with E-state index in [2.05, 4.69) is 10.6 Å². The molecule has 0 unspecified atom stereocenters. The first-order chi connectivity index (χ1) is 18.0. The lowest BCUT2D eigenvalue weighted by Crippen LogP contribution is -2.31. The molecule has 1 amide bonds. The van der Waals surface area contributed by atoms with E-state index in [0.29, 0.717) is 60.4 Å². The van der Waals surface area contributed by atoms with Crippen LogP contribution in [0.25, 0.3) is 10.9 Å². The average Bonchev–Trinajstić information content (AvgIpc) is 2.90. The lowest BCUT2D eigenvalue weighted by atomic mass is 10.1. The van der Waals surface area contributed by atoms with E-state index in [1.165, 1.54) is 4.57 Å². The zero-order valence-corrected chi connectivity index (χ0v) is 20.9. The van der Waals surface area contributed by atoms with E-state index in [1.807, 2.05) is 62.4 Å². The van der Waals surface area contributed by atoms with Crippen LogP contribution in [0.15, 0.2) is 71.5 Å². The number of benzene rings is 3. The zero-order valence-electron chi connectivity index (χ0n) is 20.9. The number of hydrogen-bond acceptors (Lipinski definition) is 6. The van der Waals surface area contributed by atoms with E-state index in [1.54, 1.807) is 18.2 Å². The number of pyridine rings is 1. The van der Waals surface area contributed by atoms with Crippen LogP contribution in [0.1, 0.15) is 18.1 Å². The molecule has 0 bridgehead atoms. The molecule has 0 aliphatic carbocycles. The van der Waals surface area contributed by atoms with Gasteiger partial charge in [0.05, 0.1) is 17.8 Å². The lowest BCUT2D eigenvalue weighted by molar-refractivity contribution is -0.116. The van der Waals surface area contributed by atoms with Gasteiger partial charge in [-0.2, -0.15) is 0 Å². The quantitative estimate of drug-likeness (QED) is 0.364. The Hall–Kier alpha value is -4.46. The van der Waals surface area contributed by atoms with Gasteiger partial charge in [-0.3, -0.25) is 14.2 Å². The number of hydrogen-bond donors (Lipinski definition) is 2. The van der Waals surface area contributed by atoms with Crippen LogP contribution in [0.2, 0.25) is 0 Å². The summed E-state index contributed by atoms with van der Waals surface area (Å²) in [5.74, 6) is 1.41. The maximum Gasteiger partial charge on any atom is 0.256 e. The van der Waals surface area contributed by atoms with Gasteiger partial charge in [-0.25, -0.2) is 0 Å². The van der Waals surface area contributed by atoms with Gasteiger partial charge in [-0.15, -0.1) is 0 Å². The summed E-state index contributed by atoms with van der Waals surface area (Å²) in [6, 6.07) is 20.7. The van der Waals surface area contributed by atoms with Crippen molar-refractivity contribution in [2.45, 2.75) is 26.9 Å². The Labute approximate surface area is 214 Å². The minimum atomic E-state index is -0.339. The van der Waals surface area contributed by atoms with Crippen LogP contribution >= 0.6 is 0 Å². The van der Waals surface area contributed by atoms with Crippen molar-refractivity contribution in [3.63, 3.8) is 0 Å². The second kappa shape index (κ2) is 10.7. The molecule has 4 aromatic rings. The summed E-state index contributed by atoms with van der Waals surface area (Å²) >= 11 is 0. The number of nitrogens with one attached hydrogen (secondary N) is 2. The van der Waals surface area contributed by atoms with Crippen molar-refractivity contribution >= 4 is 28.2 Å². The molecular weight excluding hydrogens is 470 g/mol. The molecule has 1 aromatic heterocycles. The summed E-state index contributed by atoms with van der Waals surface area (Å²) in [7, 11) is 0. The highest BCUT2D eigenvalue weighted by molar-refractivity contribution is 5.93. The molecule has 1 aliphatic heterocycles. The Bertz CT molecular complexity index is 1490. The first kappa shape index (κ1) is 24.2. The number of ether oxygens (including phenoxy) is 3. The minimum Gasteiger partial charge on any atom is -0.492 e. The van der Waals surface area contributed by atoms with Gasteiger partial charge < -0.3 is 24.8 Å². The molecule has 2 heterocycles. The molecule has 190 valence electrons. The highest BCUT2D eigenvalue weighted by Gasteiger charge is 2.19. The molecule has 8 heteroatoms. The number of amides is 1. The Balaban J connectivity index is 1.50. The Morgan fingerprint density at radius 1 is 1.00 bits per heavy atom. The number of nitrogens with zero attached hydrogens (tertiary/aromatic N) is 1. The van der Waals surface area contributed by atoms with Gasteiger partial charge in [-0.1, -0.05) is 29.8 Å². The highest BCUT2D eigenvalue weighted by Crippen LogP contribution is 2.34. The fraction of sp³-hybridized carbons (Fsp3) is 0.241. The number of aromatic nitrogens is 1. The topological polar surface area (TPSA) is 90.8 Å². The number of fused-ring (bicyclic) bond motifs is 2. The smallest absolute Gasteiger partial charge is 0.256 e. The monoisotopic (exact) mass is 499 g/mol. The predicted molar refractivity (Wildman–Crippen MR) is 144 cm³/mol. The van der Waals surface area contributed by atoms with Crippen LogP contribution < -0.4 is 30.4 Å². The second-order valence-corrected chi connectivity index (χ2v) is 8.81. The van der Waals surface area contributed by atoms with Crippen LogP contribution in [0.4, 0.5) is 11.4 Å². The van der Waals surface area contributed by atoms with Gasteiger partial charge in [0.15, 0.2) is 11.5 Å². The van der Waals surface area contributed by atoms with Crippen molar-refractivity contribution in [1.82, 2.24) is 4.57 Å². The molecule has 1 aliphatic rings. The van der Waals surface area contributed by atoms with E-state index in [-0.39, 0.29) is 18.0 Å². The zero-order chi connectivity index (χ0) is 25.8. The predicted octanol–water partition coefficient (Wildman–Crippen LogP) is 4.73. The van der Waals surface area contributed by atoms with E-state index < -0.39 is 0 Å². The standard InChI is InChI=1S/C29H29N3O5/c1-3-35-25-7-5-4-6-23(25)31-28(33)18-32-24-16-27-26(36-12-13-37-27)15-20(24)14-21(29(32)34)17-30-22-10-8-19(2)9-11-22/h4-11,14-16,30H,3,12-13,17-18H2,1-2H3,(H,31,33). The van der Waals surface area contributed by atoms with Crippen LogP contribution in [-0.2, 0) is 17.9 Å². The van der Waals surface area contributed by atoms with Crippen molar-refractivity contribution in [2.24, 2.45) is 0 Å². The van der Waals surface area contributed by atoms with Crippen molar-refractivity contribution in [3.8, 4) is 17.2 Å². The van der Waals surface area contributed by atoms with Gasteiger partial charge in [0.1, 0.15) is 25.5 Å². The maximum absolute atomic E-state index is 13.6. The lowest BCUT2D eigenvalue weighted by Gasteiger charge is -2.21. The molecule has 37 heavy (non-hydrogen) atoms. The van der Waals surface area contributed by atoms with Gasteiger partial charge in [-0.05, 0) is 50.2 Å². The number of para-hydroxylation sites is 2. The molecule has 8 nitrogen and oxygen atoms in total. The highest BCUT2D eigenvalue weighted by atomic mass is 16.6. The number of anilines is 2. The van der Waals surface area contributed by atoms with E-state index in [4.69, 9.17) is 14.2 Å². The van der Waals surface area contributed by atoms with Crippen LogP contribution in [0, 0.1) is 6.92 Å². The van der Waals surface area contributed by atoms with Crippen molar-refractivity contribution in [2.75, 3.05) is 30.5 Å². The molecule has 5 rings (SSSR count). The fourth-order valence-electron chi connectivity index (χ4n) is 4.31. The van der Waals surface area contributed by atoms with E-state index in [0.717, 1.165) is 16.6 Å². The molecule has 0 saturated heterocycles. The third kappa shape index (κ3) is 5.38. The Morgan fingerprint density at radius 3 is 2.49 bits per heavy atom. The normalized spacial score (nSPS) is 12.3. The number of rotatable bonds is 8. The molecule has 0 atom stereocenters. The van der Waals surface area contributed by atoms with Gasteiger partial charge in [0.2, 0.25) is 5.91 Å². The molecule has 0 fully saturated rings. The maximum atomic E-state index is 13.6. The third-order valence-corrected chi connectivity index (χ3v) is 6.13. The van der Waals surface area contributed by atoms with Crippen molar-refractivity contribution in [1.29, 1.82) is 0 Å². The first-order valence-corrected chi connectivity index (χ1v) is 12.3. The van der Waals surface area contributed by atoms with Crippen molar-refractivity contribution in [3.05, 3.63) is 88.2 Å². The fourth-order valence-corrected chi connectivity index (χ4v) is 4.31. The van der Waals surface area contributed by atoms with Gasteiger partial charge in [0, 0.05) is 29.2 Å². The molecule has 2 N–H and O–H groups in total. The van der Waals surface area contributed by atoms with Crippen LogP contribution in [0.5, 0.6) is 17.2 Å². The summed E-state index contributed by atoms with van der Waals surface area (Å²) in [6.45, 7) is 5.40. The third-order valence-electron chi connectivity index (χ3n) is 6.13. The Kier molecular flexibility index (Phi) is 6.98. The van der Waals surface area contributed by atoms with E-state index >= 15 is 0 Å². The average molecular weight is 500 g/mol. The van der Waals surface area contributed by atoms with Crippen molar-refractivity contribution < 1.29 is 19.0 Å². The summed E-state index contributed by atoms with van der Waals surface area (Å²) in [4.78, 5) is 26.8. The minimum absolute atomic E-state index is 0.173. The molecular formula is C29H29N3O5. The van der Waals surface area contributed by atoms with E-state index in [9.17, 15) is 9.59 Å². The number of carbonyl (C=O) groups excluding carboxylic acids is 1. The molecule has 0 radical (unpaired) electrons. The molecule has 0 spiro atoms. The number of aryl methyl sites for hydroxylation is 1. The van der Waals surface area contributed by atoms with Crippen LogP contribution in [0.3, 0.4) is 0 Å². The number of carbonyl (C=O) groups is 1. The second-order valence-electron chi connectivity index (χ2n) is 8.81. The Morgan fingerprint density at radius 2 is 1.73 bits per heavy atom. The van der Waals surface area contributed by atoms with Crippen LogP contribution in [-0.4, -0.2) is 30.3 Å².